The molecule has 7 heterocycles. The summed E-state index contributed by atoms with van der Waals surface area (Å²) in [5.41, 5.74) is 8.92. The molecule has 0 unspecified atom stereocenters. The maximum absolute atomic E-state index is 5.87. The lowest BCUT2D eigenvalue weighted by atomic mass is 10.1. The molecular formula is C41H38ClN9S2. The Labute approximate surface area is 321 Å². The standard InChI is InChI=1S/C22H21N5S.C18H13ClN4S.CH4/c1-2-12-27(11-1)15-16-5-10-24-21(13-16)26-22-25-19-4-3-18(14-20(19)28-22)17-6-8-23-9-7-17;19-11-12-3-8-21-17(9-12)23-18-22-15-2-1-14(10-16(15)24-18)13-4-6-20-7-5-13;/h3-10,13-14H,1-2,11-12,15H2,(H,24,25,26);1-10H,11H2,(H,21,22,23);1H4. The molecule has 0 bridgehead atoms. The first kappa shape index (κ1) is 36.0. The third kappa shape index (κ3) is 9.01. The number of pyridine rings is 4. The Morgan fingerprint density at radius 2 is 1.06 bits per heavy atom. The number of aromatic nitrogens is 6. The van der Waals surface area contributed by atoms with Gasteiger partial charge in [0.05, 0.1) is 20.4 Å². The molecule has 9 rings (SSSR count). The average Bonchev–Trinajstić information content (AvgIpc) is 3.95. The molecule has 9 nitrogen and oxygen atoms in total. The minimum Gasteiger partial charge on any atom is -0.316 e. The van der Waals surface area contributed by atoms with Crippen LogP contribution in [-0.2, 0) is 12.4 Å². The number of nitrogens with one attached hydrogen (secondary N) is 2. The van der Waals surface area contributed by atoms with Gasteiger partial charge in [-0.3, -0.25) is 14.9 Å². The fourth-order valence-electron chi connectivity index (χ4n) is 6.09. The molecule has 6 aromatic heterocycles. The Morgan fingerprint density at radius 1 is 0.566 bits per heavy atom. The number of anilines is 4. The van der Waals surface area contributed by atoms with Crippen molar-refractivity contribution < 1.29 is 0 Å². The van der Waals surface area contributed by atoms with E-state index in [2.05, 4.69) is 82.9 Å². The second-order valence-corrected chi connectivity index (χ2v) is 14.7. The molecule has 8 aromatic rings. The summed E-state index contributed by atoms with van der Waals surface area (Å²) in [5, 5.41) is 8.32. The van der Waals surface area contributed by atoms with Gasteiger partial charge in [-0.15, -0.1) is 11.6 Å². The number of halogens is 1. The van der Waals surface area contributed by atoms with Crippen molar-refractivity contribution in [3.05, 3.63) is 133 Å². The number of alkyl halides is 1. The van der Waals surface area contributed by atoms with Crippen LogP contribution in [0.3, 0.4) is 0 Å². The van der Waals surface area contributed by atoms with Crippen molar-refractivity contribution in [2.75, 3.05) is 23.7 Å². The maximum atomic E-state index is 5.87. The predicted octanol–water partition coefficient (Wildman–Crippen LogP) is 11.0. The van der Waals surface area contributed by atoms with Crippen LogP contribution >= 0.6 is 34.3 Å². The molecule has 2 aromatic carbocycles. The Morgan fingerprint density at radius 3 is 1.57 bits per heavy atom. The Balaban J connectivity index is 0.000000163. The van der Waals surface area contributed by atoms with Crippen molar-refractivity contribution in [1.82, 2.24) is 34.8 Å². The molecule has 53 heavy (non-hydrogen) atoms. The number of fused-ring (bicyclic) bond motifs is 2. The molecule has 0 saturated carbocycles. The second kappa shape index (κ2) is 17.0. The van der Waals surface area contributed by atoms with Crippen molar-refractivity contribution in [1.29, 1.82) is 0 Å². The summed E-state index contributed by atoms with van der Waals surface area (Å²) in [4.78, 5) is 28.8. The van der Waals surface area contributed by atoms with Gasteiger partial charge in [-0.25, -0.2) is 19.9 Å². The summed E-state index contributed by atoms with van der Waals surface area (Å²) in [6.07, 6.45) is 13.5. The van der Waals surface area contributed by atoms with Gasteiger partial charge < -0.3 is 10.6 Å². The van der Waals surface area contributed by atoms with E-state index in [9.17, 15) is 0 Å². The topological polar surface area (TPSA) is 105 Å². The van der Waals surface area contributed by atoms with Gasteiger partial charge >= 0.3 is 0 Å². The van der Waals surface area contributed by atoms with Crippen LogP contribution in [0.25, 0.3) is 42.7 Å². The van der Waals surface area contributed by atoms with E-state index in [-0.39, 0.29) is 7.43 Å². The van der Waals surface area contributed by atoms with Crippen molar-refractivity contribution in [3.63, 3.8) is 0 Å². The maximum Gasteiger partial charge on any atom is 0.189 e. The number of hydrogen-bond donors (Lipinski definition) is 2. The van der Waals surface area contributed by atoms with Crippen LogP contribution in [0.4, 0.5) is 21.9 Å². The fraction of sp³-hybridized carbons (Fsp3) is 0.171. The molecule has 0 radical (unpaired) electrons. The lowest BCUT2D eigenvalue weighted by molar-refractivity contribution is 0.331. The molecule has 0 spiro atoms. The van der Waals surface area contributed by atoms with Gasteiger partial charge in [0.2, 0.25) is 0 Å². The SMILES string of the molecule is C.ClCc1ccnc(Nc2nc3ccc(-c4ccncc4)cc3s2)c1.c1cc(-c2ccc3nc(Nc4cc(CN5CCCC5)ccn4)sc3c2)ccn1. The number of likely N-dealkylation sites (tertiary alicyclic amines) is 1. The van der Waals surface area contributed by atoms with E-state index in [0.29, 0.717) is 5.88 Å². The van der Waals surface area contributed by atoms with Crippen molar-refractivity contribution in [2.45, 2.75) is 32.7 Å². The summed E-state index contributed by atoms with van der Waals surface area (Å²) < 4.78 is 2.28. The lowest BCUT2D eigenvalue weighted by Crippen LogP contribution is -2.18. The zero-order valence-corrected chi connectivity index (χ0v) is 30.5. The van der Waals surface area contributed by atoms with Gasteiger partial charge in [0.15, 0.2) is 10.3 Å². The van der Waals surface area contributed by atoms with Gasteiger partial charge in [-0.2, -0.15) is 0 Å². The monoisotopic (exact) mass is 755 g/mol. The van der Waals surface area contributed by atoms with Crippen LogP contribution in [0.5, 0.6) is 0 Å². The van der Waals surface area contributed by atoms with Gasteiger partial charge in [-0.1, -0.05) is 42.2 Å². The van der Waals surface area contributed by atoms with E-state index in [1.807, 2.05) is 61.1 Å². The first-order valence-electron chi connectivity index (χ1n) is 17.0. The van der Waals surface area contributed by atoms with E-state index in [1.165, 1.54) is 37.1 Å². The molecule has 266 valence electrons. The minimum atomic E-state index is 0. The molecule has 0 aliphatic carbocycles. The first-order chi connectivity index (χ1) is 25.6. The Hall–Kier alpha value is -5.33. The highest BCUT2D eigenvalue weighted by atomic mass is 35.5. The molecule has 12 heteroatoms. The van der Waals surface area contributed by atoms with E-state index < -0.39 is 0 Å². The minimum absolute atomic E-state index is 0. The fourth-order valence-corrected chi connectivity index (χ4v) is 8.08. The third-order valence-electron chi connectivity index (χ3n) is 8.68. The zero-order chi connectivity index (χ0) is 35.1. The first-order valence-corrected chi connectivity index (χ1v) is 19.2. The lowest BCUT2D eigenvalue weighted by Gasteiger charge is -2.14. The van der Waals surface area contributed by atoms with Gasteiger partial charge in [0.1, 0.15) is 11.6 Å². The van der Waals surface area contributed by atoms with Crippen LogP contribution in [0, 0.1) is 0 Å². The molecule has 1 aliphatic heterocycles. The van der Waals surface area contributed by atoms with Crippen LogP contribution in [-0.4, -0.2) is 47.9 Å². The highest BCUT2D eigenvalue weighted by Crippen LogP contribution is 2.33. The normalized spacial score (nSPS) is 12.6. The van der Waals surface area contributed by atoms with Crippen molar-refractivity contribution in [2.24, 2.45) is 0 Å². The number of benzene rings is 2. The largest absolute Gasteiger partial charge is 0.316 e. The smallest absolute Gasteiger partial charge is 0.189 e. The van der Waals surface area contributed by atoms with E-state index in [0.717, 1.165) is 71.1 Å². The van der Waals surface area contributed by atoms with E-state index >= 15 is 0 Å². The highest BCUT2D eigenvalue weighted by Gasteiger charge is 2.13. The molecule has 0 atom stereocenters. The third-order valence-corrected chi connectivity index (χ3v) is 10.9. The summed E-state index contributed by atoms with van der Waals surface area (Å²) in [7, 11) is 0. The molecular weight excluding hydrogens is 718 g/mol. The van der Waals surface area contributed by atoms with Crippen molar-refractivity contribution in [3.8, 4) is 22.3 Å². The quantitative estimate of drug-likeness (QED) is 0.139. The van der Waals surface area contributed by atoms with Crippen LogP contribution in [0.1, 0.15) is 31.4 Å². The Kier molecular flexibility index (Phi) is 11.6. The molecule has 1 aliphatic rings. The Bertz CT molecular complexity index is 2410. The molecule has 2 N–H and O–H groups in total. The van der Waals surface area contributed by atoms with Crippen LogP contribution in [0.15, 0.2) is 122 Å². The van der Waals surface area contributed by atoms with Crippen LogP contribution < -0.4 is 10.6 Å². The predicted molar refractivity (Wildman–Crippen MR) is 222 cm³/mol. The van der Waals surface area contributed by atoms with Crippen LogP contribution in [0.2, 0.25) is 0 Å². The summed E-state index contributed by atoms with van der Waals surface area (Å²) in [5.74, 6) is 2.07. The highest BCUT2D eigenvalue weighted by molar-refractivity contribution is 7.22. The number of nitrogens with zero attached hydrogens (tertiary/aromatic N) is 7. The number of rotatable bonds is 9. The molecule has 1 saturated heterocycles. The summed E-state index contributed by atoms with van der Waals surface area (Å²) in [6.45, 7) is 3.39. The number of hydrogen-bond acceptors (Lipinski definition) is 11. The van der Waals surface area contributed by atoms with Gasteiger partial charge in [0.25, 0.3) is 0 Å². The average molecular weight is 756 g/mol. The van der Waals surface area contributed by atoms with Gasteiger partial charge in [0, 0.05) is 49.6 Å². The summed E-state index contributed by atoms with van der Waals surface area (Å²) in [6, 6.07) is 28.7. The second-order valence-electron chi connectivity index (χ2n) is 12.3. The zero-order valence-electron chi connectivity index (χ0n) is 28.1. The van der Waals surface area contributed by atoms with Crippen molar-refractivity contribution >= 4 is 76.6 Å². The molecule has 1 fully saturated rings. The van der Waals surface area contributed by atoms with Gasteiger partial charge in [-0.05, 0) is 132 Å². The summed E-state index contributed by atoms with van der Waals surface area (Å²) >= 11 is 9.12. The van der Waals surface area contributed by atoms with E-state index in [4.69, 9.17) is 16.6 Å². The molecule has 0 amide bonds. The number of thiazole rings is 2. The van der Waals surface area contributed by atoms with E-state index in [1.54, 1.807) is 41.3 Å².